The first-order valence-electron chi connectivity index (χ1n) is 6.70. The van der Waals surface area contributed by atoms with Crippen molar-refractivity contribution in [3.8, 4) is 0 Å². The Labute approximate surface area is 122 Å². The van der Waals surface area contributed by atoms with E-state index in [-0.39, 0.29) is 5.78 Å². The Morgan fingerprint density at radius 3 is 2.70 bits per heavy atom. The first kappa shape index (κ1) is 13.1. The molecule has 0 bridgehead atoms. The van der Waals surface area contributed by atoms with Crippen LogP contribution in [0.25, 0.3) is 10.9 Å². The summed E-state index contributed by atoms with van der Waals surface area (Å²) >= 11 is 1.75. The number of aryl methyl sites for hydroxylation is 1. The highest BCUT2D eigenvalue weighted by Gasteiger charge is 2.17. The van der Waals surface area contributed by atoms with E-state index in [1.54, 1.807) is 18.3 Å². The van der Waals surface area contributed by atoms with E-state index in [1.165, 1.54) is 10.4 Å². The summed E-state index contributed by atoms with van der Waals surface area (Å²) in [5.41, 5.74) is 4.29. The van der Waals surface area contributed by atoms with E-state index in [0.717, 1.165) is 28.7 Å². The summed E-state index contributed by atoms with van der Waals surface area (Å²) in [6.45, 7) is 6.61. The number of aromatic nitrogens is 1. The van der Waals surface area contributed by atoms with Gasteiger partial charge in [-0.25, -0.2) is 0 Å². The summed E-state index contributed by atoms with van der Waals surface area (Å²) in [4.78, 5) is 13.3. The minimum Gasteiger partial charge on any atom is -0.339 e. The number of fused-ring (bicyclic) bond motifs is 1. The first-order valence-corrected chi connectivity index (χ1v) is 7.58. The second-order valence-electron chi connectivity index (χ2n) is 5.20. The zero-order valence-corrected chi connectivity index (χ0v) is 12.8. The van der Waals surface area contributed by atoms with E-state index < -0.39 is 0 Å². The molecule has 0 N–H and O–H groups in total. The largest absolute Gasteiger partial charge is 0.339 e. The molecule has 3 rings (SSSR count). The molecule has 0 radical (unpaired) electrons. The van der Waals surface area contributed by atoms with E-state index in [9.17, 15) is 4.79 Å². The normalized spacial score (nSPS) is 11.2. The van der Waals surface area contributed by atoms with E-state index in [1.807, 2.05) is 6.92 Å². The fourth-order valence-corrected chi connectivity index (χ4v) is 3.49. The fourth-order valence-electron chi connectivity index (χ4n) is 2.79. The Hall–Kier alpha value is -1.87. The second-order valence-corrected chi connectivity index (χ2v) is 6.23. The summed E-state index contributed by atoms with van der Waals surface area (Å²) in [5.74, 6) is 0.140. The van der Waals surface area contributed by atoms with E-state index >= 15 is 0 Å². The summed E-state index contributed by atoms with van der Waals surface area (Å²) in [7, 11) is 0. The molecule has 0 saturated heterocycles. The number of rotatable bonds is 3. The molecule has 2 nitrogen and oxygen atoms in total. The smallest absolute Gasteiger partial charge is 0.162 e. The lowest BCUT2D eigenvalue weighted by Gasteiger charge is -2.07. The van der Waals surface area contributed by atoms with Gasteiger partial charge in [0.15, 0.2) is 5.78 Å². The second kappa shape index (κ2) is 4.91. The quantitative estimate of drug-likeness (QED) is 0.645. The monoisotopic (exact) mass is 283 g/mol. The number of ketones is 1. The van der Waals surface area contributed by atoms with Crippen LogP contribution < -0.4 is 0 Å². The van der Waals surface area contributed by atoms with Crippen molar-refractivity contribution in [1.29, 1.82) is 0 Å². The van der Waals surface area contributed by atoms with Gasteiger partial charge < -0.3 is 4.57 Å². The molecule has 1 aromatic carbocycles. The lowest BCUT2D eigenvalue weighted by Crippen LogP contribution is -2.02. The van der Waals surface area contributed by atoms with Gasteiger partial charge in [0.25, 0.3) is 0 Å². The molecule has 0 unspecified atom stereocenters. The topological polar surface area (TPSA) is 22.0 Å². The number of carbonyl (C=O) groups excluding carboxylic acids is 1. The van der Waals surface area contributed by atoms with Gasteiger partial charge in [-0.15, -0.1) is 11.3 Å². The van der Waals surface area contributed by atoms with Crippen LogP contribution in [0.5, 0.6) is 0 Å². The molecular formula is C17H17NOS. The van der Waals surface area contributed by atoms with Crippen molar-refractivity contribution in [3.63, 3.8) is 0 Å². The van der Waals surface area contributed by atoms with Crippen LogP contribution in [0, 0.1) is 13.8 Å². The Morgan fingerprint density at radius 1 is 1.25 bits per heavy atom. The third-order valence-electron chi connectivity index (χ3n) is 3.73. The lowest BCUT2D eigenvalue weighted by atomic mass is 10.1. The Balaban J connectivity index is 2.26. The van der Waals surface area contributed by atoms with Gasteiger partial charge >= 0.3 is 0 Å². The molecule has 0 atom stereocenters. The number of hydrogen-bond acceptors (Lipinski definition) is 2. The molecule has 102 valence electrons. The third kappa shape index (κ3) is 2.08. The summed E-state index contributed by atoms with van der Waals surface area (Å²) in [6, 6.07) is 10.5. The molecule has 0 aliphatic carbocycles. The standard InChI is InChI=1S/C17H17NOS/c1-11-6-7-15-16(9-11)18(10-14-5-4-8-20-14)12(2)17(15)13(3)19/h4-9H,10H2,1-3H3. The maximum atomic E-state index is 12.0. The van der Waals surface area contributed by atoms with Gasteiger partial charge in [0.1, 0.15) is 0 Å². The van der Waals surface area contributed by atoms with Crippen molar-refractivity contribution in [3.05, 3.63) is 57.4 Å². The molecule has 20 heavy (non-hydrogen) atoms. The summed E-state index contributed by atoms with van der Waals surface area (Å²) in [5, 5.41) is 3.16. The molecule has 0 saturated carbocycles. The maximum Gasteiger partial charge on any atom is 0.162 e. The number of hydrogen-bond donors (Lipinski definition) is 0. The molecule has 0 spiro atoms. The zero-order chi connectivity index (χ0) is 14.3. The molecular weight excluding hydrogens is 266 g/mol. The average molecular weight is 283 g/mol. The van der Waals surface area contributed by atoms with Crippen LogP contribution in [0.4, 0.5) is 0 Å². The SMILES string of the molecule is CC(=O)c1c(C)n(Cc2cccs2)c2cc(C)ccc12. The van der Waals surface area contributed by atoms with Crippen LogP contribution in [-0.4, -0.2) is 10.4 Å². The van der Waals surface area contributed by atoms with Crippen LogP contribution in [0.1, 0.15) is 33.4 Å². The molecule has 3 heteroatoms. The van der Waals surface area contributed by atoms with E-state index in [4.69, 9.17) is 0 Å². The van der Waals surface area contributed by atoms with Gasteiger partial charge in [0.05, 0.1) is 6.54 Å². The minimum absolute atomic E-state index is 0.140. The van der Waals surface area contributed by atoms with Crippen molar-refractivity contribution in [2.45, 2.75) is 27.3 Å². The molecule has 0 aliphatic rings. The lowest BCUT2D eigenvalue weighted by molar-refractivity contribution is 0.101. The van der Waals surface area contributed by atoms with Gasteiger partial charge in [-0.3, -0.25) is 4.79 Å². The van der Waals surface area contributed by atoms with Gasteiger partial charge in [0.2, 0.25) is 0 Å². The van der Waals surface area contributed by atoms with E-state index in [2.05, 4.69) is 47.2 Å². The van der Waals surface area contributed by atoms with Crippen LogP contribution >= 0.6 is 11.3 Å². The number of carbonyl (C=O) groups is 1. The first-order chi connectivity index (χ1) is 9.58. The Kier molecular flexibility index (Phi) is 3.22. The molecule has 0 amide bonds. The van der Waals surface area contributed by atoms with Crippen molar-refractivity contribution in [2.24, 2.45) is 0 Å². The van der Waals surface area contributed by atoms with Crippen molar-refractivity contribution >= 4 is 28.0 Å². The average Bonchev–Trinajstić information content (AvgIpc) is 2.98. The number of nitrogens with zero attached hydrogens (tertiary/aromatic N) is 1. The highest BCUT2D eigenvalue weighted by molar-refractivity contribution is 7.09. The van der Waals surface area contributed by atoms with Gasteiger partial charge in [-0.05, 0) is 43.8 Å². The van der Waals surface area contributed by atoms with Crippen molar-refractivity contribution in [1.82, 2.24) is 4.57 Å². The van der Waals surface area contributed by atoms with Crippen LogP contribution in [0.3, 0.4) is 0 Å². The van der Waals surface area contributed by atoms with E-state index in [0.29, 0.717) is 0 Å². The molecule has 0 fully saturated rings. The molecule has 2 heterocycles. The van der Waals surface area contributed by atoms with Crippen LogP contribution in [0.2, 0.25) is 0 Å². The highest BCUT2D eigenvalue weighted by Crippen LogP contribution is 2.28. The zero-order valence-electron chi connectivity index (χ0n) is 11.9. The predicted molar refractivity (Wildman–Crippen MR) is 84.8 cm³/mol. The van der Waals surface area contributed by atoms with Gasteiger partial charge in [-0.1, -0.05) is 18.2 Å². The van der Waals surface area contributed by atoms with Crippen molar-refractivity contribution < 1.29 is 4.79 Å². The molecule has 2 aromatic heterocycles. The highest BCUT2D eigenvalue weighted by atomic mass is 32.1. The Morgan fingerprint density at radius 2 is 2.05 bits per heavy atom. The predicted octanol–water partition coefficient (Wildman–Crippen LogP) is 4.57. The molecule has 0 aliphatic heterocycles. The number of thiophene rings is 1. The molecule has 3 aromatic rings. The maximum absolute atomic E-state index is 12.0. The summed E-state index contributed by atoms with van der Waals surface area (Å²) in [6.07, 6.45) is 0. The van der Waals surface area contributed by atoms with Gasteiger partial charge in [-0.2, -0.15) is 0 Å². The van der Waals surface area contributed by atoms with Gasteiger partial charge in [0, 0.05) is 27.0 Å². The van der Waals surface area contributed by atoms with Crippen LogP contribution in [0.15, 0.2) is 35.7 Å². The fraction of sp³-hybridized carbons (Fsp3) is 0.235. The van der Waals surface area contributed by atoms with Crippen molar-refractivity contribution in [2.75, 3.05) is 0 Å². The number of benzene rings is 1. The third-order valence-corrected chi connectivity index (χ3v) is 4.59. The summed E-state index contributed by atoms with van der Waals surface area (Å²) < 4.78 is 2.25. The van der Waals surface area contributed by atoms with Crippen LogP contribution in [-0.2, 0) is 6.54 Å². The minimum atomic E-state index is 0.140. The Bertz CT molecular complexity index is 781. The number of Topliss-reactive ketones (excluding diaryl/α,β-unsaturated/α-hetero) is 1.